The van der Waals surface area contributed by atoms with Crippen LogP contribution in [-0.2, 0) is 9.47 Å². The summed E-state index contributed by atoms with van der Waals surface area (Å²) in [6.45, 7) is 15.4. The van der Waals surface area contributed by atoms with Crippen LogP contribution in [0.15, 0.2) is 0 Å². The highest BCUT2D eigenvalue weighted by molar-refractivity contribution is 9.26. The predicted molar refractivity (Wildman–Crippen MR) is 146 cm³/mol. The Hall–Kier alpha value is 1.75. The molecule has 0 aromatic rings. The van der Waals surface area contributed by atoms with Gasteiger partial charge < -0.3 is 9.47 Å². The molecule has 0 rings (SSSR count). The lowest BCUT2D eigenvalue weighted by molar-refractivity contribution is 0.128. The van der Waals surface area contributed by atoms with Gasteiger partial charge in [0.15, 0.2) is 0 Å². The van der Waals surface area contributed by atoms with Crippen LogP contribution < -0.4 is 0 Å². The molecule has 0 radical (unpaired) electrons. The van der Waals surface area contributed by atoms with Crippen molar-refractivity contribution < 1.29 is 9.47 Å². The lowest BCUT2D eigenvalue weighted by Gasteiger charge is -2.25. The van der Waals surface area contributed by atoms with Gasteiger partial charge in [0.25, 0.3) is 0 Å². The predicted octanol–water partition coefficient (Wildman–Crippen LogP) is 7.65. The van der Waals surface area contributed by atoms with E-state index in [1.807, 2.05) is 41.2 Å². The first kappa shape index (κ1) is 29.8. The first-order valence-corrected chi connectivity index (χ1v) is 21.2. The van der Waals surface area contributed by atoms with Gasteiger partial charge in [-0.3, -0.25) is 0 Å². The molecule has 0 saturated heterocycles. The maximum absolute atomic E-state index is 6.17. The van der Waals surface area contributed by atoms with E-state index in [2.05, 4.69) is 41.5 Å². The third kappa shape index (κ3) is 14.7. The Labute approximate surface area is 195 Å². The Morgan fingerprint density at radius 2 is 0.893 bits per heavy atom. The van der Waals surface area contributed by atoms with Gasteiger partial charge in [-0.15, -0.1) is 0 Å². The second-order valence-corrected chi connectivity index (χ2v) is 20.3. The van der Waals surface area contributed by atoms with Gasteiger partial charge in [-0.2, -0.15) is 0 Å². The Morgan fingerprint density at radius 3 is 1.14 bits per heavy atom. The first-order valence-electron chi connectivity index (χ1n) is 11.5. The van der Waals surface area contributed by atoms with E-state index in [1.54, 1.807) is 0 Å². The molecular weight excluding hydrogens is 457 g/mol. The van der Waals surface area contributed by atoms with E-state index in [-0.39, 0.29) is 0 Å². The summed E-state index contributed by atoms with van der Waals surface area (Å²) in [6.07, 6.45) is 5.29. The molecule has 2 atom stereocenters. The molecule has 0 aromatic heterocycles. The molecule has 170 valence electrons. The van der Waals surface area contributed by atoms with E-state index in [1.165, 1.54) is 61.4 Å². The highest BCUT2D eigenvalue weighted by Crippen LogP contribution is 2.44. The Balaban J connectivity index is 4.27. The van der Waals surface area contributed by atoms with Crippen LogP contribution in [-0.4, -0.2) is 53.8 Å². The quantitative estimate of drug-likeness (QED) is 0.0905. The van der Waals surface area contributed by atoms with Gasteiger partial charge in [0.05, 0.1) is 29.0 Å². The van der Waals surface area contributed by atoms with Crippen molar-refractivity contribution in [3.8, 4) is 0 Å². The van der Waals surface area contributed by atoms with E-state index in [9.17, 15) is 0 Å². The van der Waals surface area contributed by atoms with Crippen molar-refractivity contribution in [3.05, 3.63) is 0 Å². The minimum Gasteiger partial charge on any atom is -0.381 e. The van der Waals surface area contributed by atoms with Crippen LogP contribution in [0, 0.1) is 0 Å². The van der Waals surface area contributed by atoms with Crippen LogP contribution in [0.1, 0.15) is 67.2 Å². The van der Waals surface area contributed by atoms with Crippen molar-refractivity contribution >= 4 is 58.8 Å². The first-order chi connectivity index (χ1) is 13.7. The SMILES string of the molecule is CCC[SiH](CCC)C(CSSSSCC(OCC)[SiH](CCC)CCC)OCC. The lowest BCUT2D eigenvalue weighted by atomic mass is 10.6. The summed E-state index contributed by atoms with van der Waals surface area (Å²) in [7, 11) is 6.41. The fourth-order valence-corrected chi connectivity index (χ4v) is 19.2. The van der Waals surface area contributed by atoms with Crippen LogP contribution in [0.25, 0.3) is 0 Å². The molecule has 0 aliphatic heterocycles. The Bertz CT molecular complexity index is 289. The van der Waals surface area contributed by atoms with Gasteiger partial charge in [-0.1, -0.05) is 99.1 Å². The molecule has 0 fully saturated rings. The smallest absolute Gasteiger partial charge is 0.0728 e. The van der Waals surface area contributed by atoms with Crippen molar-refractivity contribution in [1.29, 1.82) is 0 Å². The molecule has 8 heteroatoms. The molecule has 2 nitrogen and oxygen atoms in total. The van der Waals surface area contributed by atoms with Gasteiger partial charge >= 0.3 is 0 Å². The van der Waals surface area contributed by atoms with Gasteiger partial charge in [-0.05, 0) is 33.5 Å². The fourth-order valence-electron chi connectivity index (χ4n) is 3.81. The van der Waals surface area contributed by atoms with E-state index >= 15 is 0 Å². The average Bonchev–Trinajstić information content (AvgIpc) is 2.68. The minimum absolute atomic E-state index is 0.551. The Morgan fingerprint density at radius 1 is 0.571 bits per heavy atom. The van der Waals surface area contributed by atoms with Crippen molar-refractivity contribution in [3.63, 3.8) is 0 Å². The standard InChI is InChI=1S/C20H46O2S4Si2/c1-7-13-27(14-8-2)19(21-11-5)17-23-25-26-24-18-20(22-12-6)28(15-9-3)16-10-4/h19-20,27-28H,7-18H2,1-6H3. The Kier molecular flexibility index (Phi) is 23.3. The van der Waals surface area contributed by atoms with E-state index < -0.39 is 17.6 Å². The molecule has 0 N–H and O–H groups in total. The van der Waals surface area contributed by atoms with Crippen LogP contribution in [0.3, 0.4) is 0 Å². The fraction of sp³-hybridized carbons (Fsp3) is 1.00. The summed E-state index contributed by atoms with van der Waals surface area (Å²) in [5.41, 5.74) is 1.10. The molecule has 28 heavy (non-hydrogen) atoms. The van der Waals surface area contributed by atoms with Crippen molar-refractivity contribution in [2.45, 2.75) is 103 Å². The number of hydrogen-bond acceptors (Lipinski definition) is 6. The highest BCUT2D eigenvalue weighted by Gasteiger charge is 2.24. The minimum atomic E-state index is -0.768. The van der Waals surface area contributed by atoms with Crippen LogP contribution in [0.4, 0.5) is 0 Å². The maximum atomic E-state index is 6.17. The molecule has 0 aromatic carbocycles. The van der Waals surface area contributed by atoms with E-state index in [0.717, 1.165) is 13.2 Å². The van der Waals surface area contributed by atoms with Crippen molar-refractivity contribution in [1.82, 2.24) is 0 Å². The summed E-state index contributed by atoms with van der Waals surface area (Å²) in [6, 6.07) is 5.73. The van der Waals surface area contributed by atoms with Crippen LogP contribution >= 0.6 is 41.2 Å². The second kappa shape index (κ2) is 22.0. The zero-order valence-corrected chi connectivity index (χ0v) is 24.8. The van der Waals surface area contributed by atoms with Gasteiger partial charge in [0.1, 0.15) is 0 Å². The van der Waals surface area contributed by atoms with Crippen LogP contribution in [0.5, 0.6) is 0 Å². The molecule has 0 aliphatic rings. The lowest BCUT2D eigenvalue weighted by Crippen LogP contribution is -2.35. The molecule has 0 spiro atoms. The highest BCUT2D eigenvalue weighted by atomic mass is 33.7. The zero-order chi connectivity index (χ0) is 21.0. The number of hydrogen-bond donors (Lipinski definition) is 0. The average molecular weight is 503 g/mol. The van der Waals surface area contributed by atoms with E-state index in [0.29, 0.717) is 11.5 Å². The number of rotatable bonds is 21. The topological polar surface area (TPSA) is 18.5 Å². The molecule has 0 bridgehead atoms. The molecular formula is C20H46O2S4Si2. The normalized spacial score (nSPS) is 14.1. The van der Waals surface area contributed by atoms with Crippen LogP contribution in [0.2, 0.25) is 24.2 Å². The maximum Gasteiger partial charge on any atom is 0.0728 e. The third-order valence-corrected chi connectivity index (χ3v) is 20.4. The van der Waals surface area contributed by atoms with Gasteiger partial charge in [0.2, 0.25) is 0 Å². The second-order valence-electron chi connectivity index (χ2n) is 7.37. The zero-order valence-electron chi connectivity index (χ0n) is 19.2. The summed E-state index contributed by atoms with van der Waals surface area (Å²) in [4.78, 5) is 0. The third-order valence-electron chi connectivity index (χ3n) is 5.04. The molecule has 0 heterocycles. The van der Waals surface area contributed by atoms with Crippen molar-refractivity contribution in [2.24, 2.45) is 0 Å². The molecule has 2 unspecified atom stereocenters. The molecule has 0 saturated carbocycles. The molecule has 0 amide bonds. The van der Waals surface area contributed by atoms with Gasteiger partial charge in [-0.25, -0.2) is 0 Å². The van der Waals surface area contributed by atoms with Crippen molar-refractivity contribution in [2.75, 3.05) is 24.7 Å². The summed E-state index contributed by atoms with van der Waals surface area (Å²) in [5.74, 6) is 2.34. The number of ether oxygens (including phenoxy) is 2. The summed E-state index contributed by atoms with van der Waals surface area (Å²) in [5, 5.41) is 0. The molecule has 0 aliphatic carbocycles. The van der Waals surface area contributed by atoms with E-state index in [4.69, 9.17) is 9.47 Å². The summed E-state index contributed by atoms with van der Waals surface area (Å²) >= 11 is 0. The summed E-state index contributed by atoms with van der Waals surface area (Å²) < 4.78 is 12.3. The largest absolute Gasteiger partial charge is 0.381 e. The van der Waals surface area contributed by atoms with Gasteiger partial charge in [0, 0.05) is 24.7 Å². The monoisotopic (exact) mass is 502 g/mol.